The topological polar surface area (TPSA) is 88.5 Å². The standard InChI is InChI=1S/C13H18N2O4/c1-3-19-8-4-7-14-12(16)11-6-5-10(13(17)18)9(2)15-11/h5-6H,3-4,7-8H2,1-2H3,(H,14,16)(H,17,18). The van der Waals surface area contributed by atoms with Crippen LogP contribution in [0.15, 0.2) is 12.1 Å². The van der Waals surface area contributed by atoms with Gasteiger partial charge in [-0.25, -0.2) is 9.78 Å². The number of amides is 1. The summed E-state index contributed by atoms with van der Waals surface area (Å²) in [6.07, 6.45) is 0.728. The van der Waals surface area contributed by atoms with Gasteiger partial charge in [0.2, 0.25) is 0 Å². The van der Waals surface area contributed by atoms with Crippen molar-refractivity contribution in [3.8, 4) is 0 Å². The molecule has 1 amide bonds. The van der Waals surface area contributed by atoms with Crippen LogP contribution in [0.3, 0.4) is 0 Å². The van der Waals surface area contributed by atoms with E-state index in [1.165, 1.54) is 12.1 Å². The van der Waals surface area contributed by atoms with Crippen LogP contribution >= 0.6 is 0 Å². The predicted octanol–water partition coefficient (Wildman–Crippen LogP) is 1.24. The zero-order valence-corrected chi connectivity index (χ0v) is 11.1. The molecule has 0 saturated heterocycles. The van der Waals surface area contributed by atoms with Gasteiger partial charge in [-0.1, -0.05) is 0 Å². The number of ether oxygens (including phenoxy) is 1. The van der Waals surface area contributed by atoms with E-state index in [0.29, 0.717) is 25.5 Å². The third kappa shape index (κ3) is 4.67. The minimum absolute atomic E-state index is 0.105. The van der Waals surface area contributed by atoms with Gasteiger partial charge in [0.05, 0.1) is 11.3 Å². The molecule has 0 aliphatic rings. The summed E-state index contributed by atoms with van der Waals surface area (Å²) < 4.78 is 5.15. The van der Waals surface area contributed by atoms with Crippen LogP contribution in [0.1, 0.15) is 39.9 Å². The lowest BCUT2D eigenvalue weighted by Gasteiger charge is -2.06. The van der Waals surface area contributed by atoms with E-state index in [4.69, 9.17) is 9.84 Å². The van der Waals surface area contributed by atoms with E-state index >= 15 is 0 Å². The Labute approximate surface area is 111 Å². The number of carbonyl (C=O) groups is 2. The smallest absolute Gasteiger partial charge is 0.337 e. The first-order valence-corrected chi connectivity index (χ1v) is 6.13. The Morgan fingerprint density at radius 2 is 2.16 bits per heavy atom. The van der Waals surface area contributed by atoms with Crippen molar-refractivity contribution in [3.05, 3.63) is 29.1 Å². The normalized spacial score (nSPS) is 10.2. The summed E-state index contributed by atoms with van der Waals surface area (Å²) >= 11 is 0. The average molecular weight is 266 g/mol. The summed E-state index contributed by atoms with van der Waals surface area (Å²) in [4.78, 5) is 26.6. The quantitative estimate of drug-likeness (QED) is 0.725. The summed E-state index contributed by atoms with van der Waals surface area (Å²) in [5.74, 6) is -1.36. The SMILES string of the molecule is CCOCCCNC(=O)c1ccc(C(=O)O)c(C)n1. The van der Waals surface area contributed by atoms with Crippen molar-refractivity contribution >= 4 is 11.9 Å². The van der Waals surface area contributed by atoms with Crippen LogP contribution in [0.5, 0.6) is 0 Å². The number of aryl methyl sites for hydroxylation is 1. The van der Waals surface area contributed by atoms with Gasteiger partial charge in [-0.2, -0.15) is 0 Å². The van der Waals surface area contributed by atoms with Gasteiger partial charge in [0.1, 0.15) is 5.69 Å². The number of carboxylic acid groups (broad SMARTS) is 1. The van der Waals surface area contributed by atoms with Crippen molar-refractivity contribution in [2.75, 3.05) is 19.8 Å². The molecule has 0 spiro atoms. The van der Waals surface area contributed by atoms with Crippen LogP contribution in [0.25, 0.3) is 0 Å². The Bertz CT molecular complexity index is 460. The summed E-state index contributed by atoms with van der Waals surface area (Å²) in [7, 11) is 0. The number of hydrogen-bond donors (Lipinski definition) is 2. The van der Waals surface area contributed by atoms with E-state index in [0.717, 1.165) is 6.42 Å². The molecule has 6 nitrogen and oxygen atoms in total. The lowest BCUT2D eigenvalue weighted by molar-refractivity contribution is 0.0694. The monoisotopic (exact) mass is 266 g/mol. The fraction of sp³-hybridized carbons (Fsp3) is 0.462. The van der Waals surface area contributed by atoms with Crippen LogP contribution < -0.4 is 5.32 Å². The number of nitrogens with zero attached hydrogens (tertiary/aromatic N) is 1. The molecule has 19 heavy (non-hydrogen) atoms. The number of hydrogen-bond acceptors (Lipinski definition) is 4. The van der Waals surface area contributed by atoms with Crippen molar-refractivity contribution in [2.24, 2.45) is 0 Å². The van der Waals surface area contributed by atoms with Gasteiger partial charge < -0.3 is 15.2 Å². The number of carbonyl (C=O) groups excluding carboxylic acids is 1. The predicted molar refractivity (Wildman–Crippen MR) is 69.4 cm³/mol. The largest absolute Gasteiger partial charge is 0.478 e. The number of aromatic carboxylic acids is 1. The van der Waals surface area contributed by atoms with Gasteiger partial charge in [0, 0.05) is 19.8 Å². The maximum Gasteiger partial charge on any atom is 0.337 e. The molecule has 6 heteroatoms. The van der Waals surface area contributed by atoms with Crippen molar-refractivity contribution in [3.63, 3.8) is 0 Å². The fourth-order valence-corrected chi connectivity index (χ4v) is 1.52. The molecule has 0 atom stereocenters. The Balaban J connectivity index is 2.53. The maximum atomic E-state index is 11.7. The van der Waals surface area contributed by atoms with Gasteiger partial charge in [0.15, 0.2) is 0 Å². The molecule has 0 aliphatic carbocycles. The van der Waals surface area contributed by atoms with Crippen molar-refractivity contribution in [1.29, 1.82) is 0 Å². The molecule has 1 rings (SSSR count). The highest BCUT2D eigenvalue weighted by atomic mass is 16.5. The van der Waals surface area contributed by atoms with E-state index < -0.39 is 5.97 Å². The van der Waals surface area contributed by atoms with Gasteiger partial charge >= 0.3 is 5.97 Å². The van der Waals surface area contributed by atoms with Gasteiger partial charge in [0.25, 0.3) is 5.91 Å². The molecule has 104 valence electrons. The first kappa shape index (κ1) is 15.1. The van der Waals surface area contributed by atoms with Crippen molar-refractivity contribution < 1.29 is 19.4 Å². The second kappa shape index (κ2) is 7.48. The molecule has 0 radical (unpaired) electrons. The maximum absolute atomic E-state index is 11.7. The highest BCUT2D eigenvalue weighted by Gasteiger charge is 2.12. The third-order valence-corrected chi connectivity index (χ3v) is 2.50. The first-order valence-electron chi connectivity index (χ1n) is 6.13. The lowest BCUT2D eigenvalue weighted by Crippen LogP contribution is -2.26. The van der Waals surface area contributed by atoms with E-state index in [-0.39, 0.29) is 17.2 Å². The minimum Gasteiger partial charge on any atom is -0.478 e. The molecule has 0 aromatic carbocycles. The molecule has 1 aromatic heterocycles. The molecule has 0 aliphatic heterocycles. The van der Waals surface area contributed by atoms with Crippen molar-refractivity contribution in [1.82, 2.24) is 10.3 Å². The Morgan fingerprint density at radius 3 is 2.74 bits per heavy atom. The van der Waals surface area contributed by atoms with Crippen LogP contribution in [-0.2, 0) is 4.74 Å². The summed E-state index contributed by atoms with van der Waals surface area (Å²) in [5.41, 5.74) is 0.654. The Morgan fingerprint density at radius 1 is 1.42 bits per heavy atom. The van der Waals surface area contributed by atoms with Crippen LogP contribution in [0.4, 0.5) is 0 Å². The van der Waals surface area contributed by atoms with Gasteiger partial charge in [-0.3, -0.25) is 4.79 Å². The minimum atomic E-state index is -1.05. The second-order valence-corrected chi connectivity index (χ2v) is 3.94. The van der Waals surface area contributed by atoms with E-state index in [1.807, 2.05) is 6.92 Å². The molecule has 0 bridgehead atoms. The second-order valence-electron chi connectivity index (χ2n) is 3.94. The van der Waals surface area contributed by atoms with Crippen LogP contribution in [0.2, 0.25) is 0 Å². The Kier molecular flexibility index (Phi) is 5.95. The van der Waals surface area contributed by atoms with E-state index in [1.54, 1.807) is 6.92 Å². The summed E-state index contributed by atoms with van der Waals surface area (Å²) in [5, 5.41) is 11.6. The molecule has 0 fully saturated rings. The number of pyridine rings is 1. The van der Waals surface area contributed by atoms with Crippen LogP contribution in [0, 0.1) is 6.92 Å². The molecule has 1 aromatic rings. The highest BCUT2D eigenvalue weighted by Crippen LogP contribution is 2.06. The summed E-state index contributed by atoms with van der Waals surface area (Å²) in [6.45, 7) is 5.23. The molecule has 0 saturated carbocycles. The molecule has 2 N–H and O–H groups in total. The average Bonchev–Trinajstić information content (AvgIpc) is 2.37. The molecule has 0 unspecified atom stereocenters. The molecular weight excluding hydrogens is 248 g/mol. The van der Waals surface area contributed by atoms with Crippen molar-refractivity contribution in [2.45, 2.75) is 20.3 Å². The van der Waals surface area contributed by atoms with Gasteiger partial charge in [-0.15, -0.1) is 0 Å². The number of nitrogens with one attached hydrogen (secondary N) is 1. The van der Waals surface area contributed by atoms with Crippen LogP contribution in [-0.4, -0.2) is 41.7 Å². The Hall–Kier alpha value is -1.95. The van der Waals surface area contributed by atoms with E-state index in [9.17, 15) is 9.59 Å². The lowest BCUT2D eigenvalue weighted by atomic mass is 10.2. The zero-order chi connectivity index (χ0) is 14.3. The number of carboxylic acids is 1. The molecular formula is C13H18N2O4. The summed E-state index contributed by atoms with van der Waals surface area (Å²) in [6, 6.07) is 2.80. The molecule has 1 heterocycles. The number of rotatable bonds is 7. The van der Waals surface area contributed by atoms with E-state index in [2.05, 4.69) is 10.3 Å². The fourth-order valence-electron chi connectivity index (χ4n) is 1.52. The number of aromatic nitrogens is 1. The highest BCUT2D eigenvalue weighted by molar-refractivity contribution is 5.94. The third-order valence-electron chi connectivity index (χ3n) is 2.50. The first-order chi connectivity index (χ1) is 9.06. The van der Waals surface area contributed by atoms with Gasteiger partial charge in [-0.05, 0) is 32.4 Å². The zero-order valence-electron chi connectivity index (χ0n) is 11.1.